The van der Waals surface area contributed by atoms with Crippen molar-refractivity contribution in [2.75, 3.05) is 26.2 Å². The molecule has 0 bridgehead atoms. The van der Waals surface area contributed by atoms with E-state index in [0.29, 0.717) is 19.6 Å². The van der Waals surface area contributed by atoms with E-state index in [9.17, 15) is 14.4 Å². The maximum absolute atomic E-state index is 11.5. The zero-order valence-electron chi connectivity index (χ0n) is 9.73. The summed E-state index contributed by atoms with van der Waals surface area (Å²) in [5.74, 6) is -0.214. The van der Waals surface area contributed by atoms with E-state index in [4.69, 9.17) is 0 Å². The standard InChI is InChI=1S/C10H16N4O3/c1-2-3-11-9(16)13-5-7(6-13)14-8(15)4-12-10(14)17/h7H,2-6H2,1H3,(H,11,16)(H,12,17). The van der Waals surface area contributed by atoms with E-state index < -0.39 is 0 Å². The average Bonchev–Trinajstić information content (AvgIpc) is 2.56. The summed E-state index contributed by atoms with van der Waals surface area (Å²) in [4.78, 5) is 37.1. The molecule has 0 atom stereocenters. The van der Waals surface area contributed by atoms with Crippen LogP contribution in [0.2, 0.25) is 0 Å². The fraction of sp³-hybridized carbons (Fsp3) is 0.700. The van der Waals surface area contributed by atoms with Crippen LogP contribution in [0.25, 0.3) is 0 Å². The van der Waals surface area contributed by atoms with E-state index >= 15 is 0 Å². The van der Waals surface area contributed by atoms with Crippen molar-refractivity contribution >= 4 is 18.0 Å². The van der Waals surface area contributed by atoms with Gasteiger partial charge in [0.15, 0.2) is 0 Å². The predicted octanol–water partition coefficient (Wildman–Crippen LogP) is -0.658. The Kier molecular flexibility index (Phi) is 3.16. The van der Waals surface area contributed by atoms with Crippen molar-refractivity contribution in [1.82, 2.24) is 20.4 Å². The Morgan fingerprint density at radius 1 is 1.47 bits per heavy atom. The van der Waals surface area contributed by atoms with Crippen LogP contribution in [-0.4, -0.2) is 60.0 Å². The second-order valence-corrected chi connectivity index (χ2v) is 4.21. The summed E-state index contributed by atoms with van der Waals surface area (Å²) in [6.07, 6.45) is 0.885. The van der Waals surface area contributed by atoms with Gasteiger partial charge in [-0.25, -0.2) is 9.59 Å². The Morgan fingerprint density at radius 3 is 2.71 bits per heavy atom. The van der Waals surface area contributed by atoms with Gasteiger partial charge < -0.3 is 15.5 Å². The minimum absolute atomic E-state index is 0.0668. The van der Waals surface area contributed by atoms with Crippen LogP contribution in [0.3, 0.4) is 0 Å². The number of hydrogen-bond acceptors (Lipinski definition) is 3. The van der Waals surface area contributed by atoms with Gasteiger partial charge in [0.2, 0.25) is 5.91 Å². The van der Waals surface area contributed by atoms with Gasteiger partial charge in [0.1, 0.15) is 0 Å². The summed E-state index contributed by atoms with van der Waals surface area (Å²) >= 11 is 0. The van der Waals surface area contributed by atoms with E-state index in [1.165, 1.54) is 4.90 Å². The lowest BCUT2D eigenvalue weighted by Crippen LogP contribution is -2.64. The first kappa shape index (κ1) is 11.7. The van der Waals surface area contributed by atoms with Gasteiger partial charge in [-0.2, -0.15) is 0 Å². The van der Waals surface area contributed by atoms with Crippen LogP contribution in [0, 0.1) is 0 Å². The Balaban J connectivity index is 1.80. The van der Waals surface area contributed by atoms with E-state index in [1.807, 2.05) is 6.92 Å². The molecule has 0 aromatic rings. The van der Waals surface area contributed by atoms with Crippen molar-refractivity contribution in [2.45, 2.75) is 19.4 Å². The summed E-state index contributed by atoms with van der Waals surface area (Å²) in [7, 11) is 0. The SMILES string of the molecule is CCCNC(=O)N1CC(N2C(=O)CNC2=O)C1. The predicted molar refractivity (Wildman–Crippen MR) is 59.3 cm³/mol. The fourth-order valence-corrected chi connectivity index (χ4v) is 1.93. The fourth-order valence-electron chi connectivity index (χ4n) is 1.93. The van der Waals surface area contributed by atoms with E-state index in [-0.39, 0.29) is 30.6 Å². The molecule has 5 amide bonds. The number of nitrogens with one attached hydrogen (secondary N) is 2. The third-order valence-corrected chi connectivity index (χ3v) is 2.92. The highest BCUT2D eigenvalue weighted by atomic mass is 16.2. The number of amides is 5. The van der Waals surface area contributed by atoms with Gasteiger partial charge in [-0.05, 0) is 6.42 Å². The Labute approximate surface area is 99.1 Å². The number of imide groups is 1. The Bertz CT molecular complexity index is 335. The number of rotatable bonds is 3. The second kappa shape index (κ2) is 4.60. The molecule has 0 radical (unpaired) electrons. The summed E-state index contributed by atoms with van der Waals surface area (Å²) in [6, 6.07) is -0.652. The summed E-state index contributed by atoms with van der Waals surface area (Å²) in [5.41, 5.74) is 0. The van der Waals surface area contributed by atoms with E-state index in [2.05, 4.69) is 10.6 Å². The van der Waals surface area contributed by atoms with Crippen LogP contribution in [0.4, 0.5) is 9.59 Å². The van der Waals surface area contributed by atoms with Gasteiger partial charge >= 0.3 is 12.1 Å². The minimum atomic E-state index is -0.353. The summed E-state index contributed by atoms with van der Waals surface area (Å²) in [5, 5.41) is 5.22. The molecule has 0 unspecified atom stereocenters. The molecular formula is C10H16N4O3. The van der Waals surface area contributed by atoms with Gasteiger partial charge in [0.25, 0.3) is 0 Å². The number of carbonyl (C=O) groups excluding carboxylic acids is 3. The highest BCUT2D eigenvalue weighted by Gasteiger charge is 2.42. The van der Waals surface area contributed by atoms with Crippen LogP contribution in [0.15, 0.2) is 0 Å². The summed E-state index contributed by atoms with van der Waals surface area (Å²) < 4.78 is 0. The molecule has 2 saturated heterocycles. The maximum Gasteiger partial charge on any atom is 0.324 e. The normalized spacial score (nSPS) is 20.3. The van der Waals surface area contributed by atoms with Crippen molar-refractivity contribution in [1.29, 1.82) is 0 Å². The van der Waals surface area contributed by atoms with Crippen LogP contribution in [0.1, 0.15) is 13.3 Å². The topological polar surface area (TPSA) is 81.8 Å². The van der Waals surface area contributed by atoms with E-state index in [0.717, 1.165) is 6.42 Å². The molecule has 7 heteroatoms. The molecule has 2 fully saturated rings. The third-order valence-electron chi connectivity index (χ3n) is 2.92. The van der Waals surface area contributed by atoms with Crippen molar-refractivity contribution in [3.8, 4) is 0 Å². The first-order chi connectivity index (χ1) is 8.13. The molecule has 2 heterocycles. The number of urea groups is 2. The molecule has 94 valence electrons. The number of hydrogen-bond donors (Lipinski definition) is 2. The number of likely N-dealkylation sites (tertiary alicyclic amines) is 1. The summed E-state index contributed by atoms with van der Waals surface area (Å²) in [6.45, 7) is 3.54. The quantitative estimate of drug-likeness (QED) is 0.643. The molecule has 2 aliphatic heterocycles. The minimum Gasteiger partial charge on any atom is -0.338 e. The molecule has 17 heavy (non-hydrogen) atoms. The number of carbonyl (C=O) groups is 3. The van der Waals surface area contributed by atoms with Crippen molar-refractivity contribution in [2.24, 2.45) is 0 Å². The largest absolute Gasteiger partial charge is 0.338 e. The number of nitrogens with zero attached hydrogens (tertiary/aromatic N) is 2. The van der Waals surface area contributed by atoms with Gasteiger partial charge in [-0.15, -0.1) is 0 Å². The van der Waals surface area contributed by atoms with Gasteiger partial charge in [0, 0.05) is 19.6 Å². The lowest BCUT2D eigenvalue weighted by atomic mass is 10.1. The third kappa shape index (κ3) is 2.17. The average molecular weight is 240 g/mol. The molecule has 2 N–H and O–H groups in total. The zero-order valence-corrected chi connectivity index (χ0v) is 9.73. The van der Waals surface area contributed by atoms with Crippen LogP contribution >= 0.6 is 0 Å². The molecule has 7 nitrogen and oxygen atoms in total. The van der Waals surface area contributed by atoms with Gasteiger partial charge in [0.05, 0.1) is 12.6 Å². The molecule has 2 aliphatic rings. The Morgan fingerprint density at radius 2 is 2.18 bits per heavy atom. The first-order valence-corrected chi connectivity index (χ1v) is 5.76. The highest BCUT2D eigenvalue weighted by molar-refractivity contribution is 6.02. The maximum atomic E-state index is 11.5. The zero-order chi connectivity index (χ0) is 12.4. The van der Waals surface area contributed by atoms with Gasteiger partial charge in [-0.1, -0.05) is 6.92 Å². The molecule has 0 saturated carbocycles. The van der Waals surface area contributed by atoms with Crippen molar-refractivity contribution < 1.29 is 14.4 Å². The lowest BCUT2D eigenvalue weighted by Gasteiger charge is -2.42. The van der Waals surface area contributed by atoms with Crippen molar-refractivity contribution in [3.05, 3.63) is 0 Å². The lowest BCUT2D eigenvalue weighted by molar-refractivity contribution is -0.128. The van der Waals surface area contributed by atoms with Gasteiger partial charge in [-0.3, -0.25) is 9.69 Å². The molecule has 0 aromatic carbocycles. The molecular weight excluding hydrogens is 224 g/mol. The van der Waals surface area contributed by atoms with Crippen LogP contribution in [0.5, 0.6) is 0 Å². The van der Waals surface area contributed by atoms with Crippen molar-refractivity contribution in [3.63, 3.8) is 0 Å². The molecule has 0 spiro atoms. The molecule has 0 aliphatic carbocycles. The van der Waals surface area contributed by atoms with Crippen LogP contribution in [-0.2, 0) is 4.79 Å². The molecule has 2 rings (SSSR count). The smallest absolute Gasteiger partial charge is 0.324 e. The van der Waals surface area contributed by atoms with Crippen LogP contribution < -0.4 is 10.6 Å². The Hall–Kier alpha value is -1.79. The monoisotopic (exact) mass is 240 g/mol. The second-order valence-electron chi connectivity index (χ2n) is 4.21. The molecule has 0 aromatic heterocycles. The first-order valence-electron chi connectivity index (χ1n) is 5.76. The highest BCUT2D eigenvalue weighted by Crippen LogP contribution is 2.17. The van der Waals surface area contributed by atoms with E-state index in [1.54, 1.807) is 4.90 Å².